The normalized spacial score (nSPS) is 16.1. The molecule has 0 spiro atoms. The van der Waals surface area contributed by atoms with E-state index in [9.17, 15) is 14.4 Å². The highest BCUT2D eigenvalue weighted by molar-refractivity contribution is 6.32. The van der Waals surface area contributed by atoms with Gasteiger partial charge >= 0.3 is 6.09 Å². The van der Waals surface area contributed by atoms with Gasteiger partial charge in [0.25, 0.3) is 11.8 Å². The molecular formula is C27H29ClN4O4. The van der Waals surface area contributed by atoms with Gasteiger partial charge in [-0.3, -0.25) is 9.59 Å². The number of nitrogens with one attached hydrogen (secondary N) is 3. The van der Waals surface area contributed by atoms with Crippen LogP contribution in [0, 0.1) is 0 Å². The number of nitrogens with zero attached hydrogens (tertiary/aromatic N) is 1. The molecular weight excluding hydrogens is 480 g/mol. The zero-order chi connectivity index (χ0) is 25.6. The maximum Gasteiger partial charge on any atom is 0.410 e. The first-order valence-corrected chi connectivity index (χ1v) is 12.5. The monoisotopic (exact) mass is 508 g/mol. The third-order valence-electron chi connectivity index (χ3n) is 6.56. The van der Waals surface area contributed by atoms with Gasteiger partial charge in [0.15, 0.2) is 0 Å². The van der Waals surface area contributed by atoms with Crippen LogP contribution in [0.15, 0.2) is 36.4 Å². The maximum atomic E-state index is 13.0. The van der Waals surface area contributed by atoms with Crippen molar-refractivity contribution in [2.24, 2.45) is 0 Å². The zero-order valence-electron chi connectivity index (χ0n) is 20.5. The number of aromatic amines is 1. The number of aromatic nitrogens is 1. The first-order valence-electron chi connectivity index (χ1n) is 12.1. The molecule has 1 aromatic heterocycles. The van der Waals surface area contributed by atoms with Crippen LogP contribution in [0.25, 0.3) is 22.2 Å². The third-order valence-corrected chi connectivity index (χ3v) is 6.92. The summed E-state index contributed by atoms with van der Waals surface area (Å²) in [5.74, 6) is -0.291. The van der Waals surface area contributed by atoms with Gasteiger partial charge in [0.2, 0.25) is 0 Å². The highest BCUT2D eigenvalue weighted by Crippen LogP contribution is 2.34. The summed E-state index contributed by atoms with van der Waals surface area (Å²) in [6, 6.07) is 11.1. The Bertz CT molecular complexity index is 1370. The summed E-state index contributed by atoms with van der Waals surface area (Å²) in [6.07, 6.45) is 1.03. The van der Waals surface area contributed by atoms with Crippen molar-refractivity contribution in [1.82, 2.24) is 20.5 Å². The number of hydrogen-bond acceptors (Lipinski definition) is 4. The molecule has 3 aromatic rings. The van der Waals surface area contributed by atoms with E-state index in [1.54, 1.807) is 17.0 Å². The van der Waals surface area contributed by atoms with Crippen molar-refractivity contribution in [2.75, 3.05) is 13.1 Å². The van der Waals surface area contributed by atoms with E-state index in [-0.39, 0.29) is 23.9 Å². The second-order valence-corrected chi connectivity index (χ2v) is 10.7. The Hall–Kier alpha value is -3.52. The molecule has 5 rings (SSSR count). The number of carbonyl (C=O) groups is 3. The number of likely N-dealkylation sites (tertiary alicyclic amines) is 1. The molecule has 9 heteroatoms. The molecule has 0 radical (unpaired) electrons. The standard InChI is InChI=1S/C27H29ClN4O4/c1-27(2,3)36-26(35)32-10-8-17(9-11-32)30-24(33)15-4-7-21-16(12-15)13-22(31-21)18-5-6-20(28)19-14-29-25(34)23(18)19/h4-7,12-13,17,31H,8-11,14H2,1-3H3,(H,29,34)(H,30,33). The second kappa shape index (κ2) is 9.17. The number of H-pyrrole nitrogens is 1. The summed E-state index contributed by atoms with van der Waals surface area (Å²) >= 11 is 6.29. The molecule has 1 saturated heterocycles. The molecule has 0 bridgehead atoms. The number of carbonyl (C=O) groups excluding carboxylic acids is 3. The van der Waals surface area contributed by atoms with Crippen LogP contribution >= 0.6 is 11.6 Å². The number of amides is 3. The minimum Gasteiger partial charge on any atom is -0.444 e. The van der Waals surface area contributed by atoms with Crippen molar-refractivity contribution in [3.05, 3.63) is 58.1 Å². The van der Waals surface area contributed by atoms with Crippen LogP contribution < -0.4 is 10.6 Å². The van der Waals surface area contributed by atoms with E-state index < -0.39 is 5.60 Å². The van der Waals surface area contributed by atoms with Gasteiger partial charge in [0, 0.05) is 64.0 Å². The Labute approximate surface area is 214 Å². The van der Waals surface area contributed by atoms with Crippen molar-refractivity contribution in [1.29, 1.82) is 0 Å². The van der Waals surface area contributed by atoms with Crippen LogP contribution in [0.1, 0.15) is 59.9 Å². The van der Waals surface area contributed by atoms with Crippen LogP contribution in [-0.2, 0) is 11.3 Å². The fourth-order valence-corrected chi connectivity index (χ4v) is 4.98. The molecule has 8 nitrogen and oxygen atoms in total. The van der Waals surface area contributed by atoms with Crippen molar-refractivity contribution in [2.45, 2.75) is 51.8 Å². The first kappa shape index (κ1) is 24.2. The highest BCUT2D eigenvalue weighted by Gasteiger charge is 2.28. The molecule has 2 aliphatic rings. The molecule has 3 heterocycles. The number of rotatable bonds is 3. The lowest BCUT2D eigenvalue weighted by Gasteiger charge is -2.33. The largest absolute Gasteiger partial charge is 0.444 e. The summed E-state index contributed by atoms with van der Waals surface area (Å²) in [5.41, 5.74) is 3.86. The summed E-state index contributed by atoms with van der Waals surface area (Å²) in [6.45, 7) is 7.04. The van der Waals surface area contributed by atoms with Crippen molar-refractivity contribution in [3.8, 4) is 11.3 Å². The minimum atomic E-state index is -0.529. The minimum absolute atomic E-state index is 0.0103. The average molecular weight is 509 g/mol. The molecule has 36 heavy (non-hydrogen) atoms. The van der Waals surface area contributed by atoms with E-state index in [4.69, 9.17) is 16.3 Å². The van der Waals surface area contributed by atoms with Crippen molar-refractivity contribution in [3.63, 3.8) is 0 Å². The van der Waals surface area contributed by atoms with E-state index in [0.29, 0.717) is 48.6 Å². The van der Waals surface area contributed by atoms with Crippen LogP contribution in [0.2, 0.25) is 5.02 Å². The topological polar surface area (TPSA) is 104 Å². The Morgan fingerprint density at radius 1 is 1.11 bits per heavy atom. The van der Waals surface area contributed by atoms with Crippen molar-refractivity contribution >= 4 is 40.4 Å². The zero-order valence-corrected chi connectivity index (χ0v) is 21.3. The molecule has 3 amide bonds. The lowest BCUT2D eigenvalue weighted by atomic mass is 10.0. The van der Waals surface area contributed by atoms with Crippen molar-refractivity contribution < 1.29 is 19.1 Å². The number of halogens is 1. The average Bonchev–Trinajstić information content (AvgIpc) is 3.42. The second-order valence-electron chi connectivity index (χ2n) is 10.3. The number of benzene rings is 2. The van der Waals surface area contributed by atoms with Gasteiger partial charge in [-0.05, 0) is 63.9 Å². The molecule has 0 unspecified atom stereocenters. The SMILES string of the molecule is CC(C)(C)OC(=O)N1CCC(NC(=O)c2ccc3[nH]c(-c4ccc(Cl)c5c4C(=O)NC5)cc3c2)CC1. The van der Waals surface area contributed by atoms with Gasteiger partial charge < -0.3 is 25.3 Å². The van der Waals surface area contributed by atoms with E-state index in [0.717, 1.165) is 27.7 Å². The quantitative estimate of drug-likeness (QED) is 0.470. The Balaban J connectivity index is 1.28. The highest BCUT2D eigenvalue weighted by atomic mass is 35.5. The summed E-state index contributed by atoms with van der Waals surface area (Å²) in [4.78, 5) is 42.7. The van der Waals surface area contributed by atoms with Crippen LogP contribution in [-0.4, -0.2) is 52.5 Å². The molecule has 0 aliphatic carbocycles. The van der Waals surface area contributed by atoms with Gasteiger partial charge in [0.1, 0.15) is 5.60 Å². The molecule has 2 aromatic carbocycles. The smallest absolute Gasteiger partial charge is 0.410 e. The lowest BCUT2D eigenvalue weighted by molar-refractivity contribution is 0.0199. The summed E-state index contributed by atoms with van der Waals surface area (Å²) < 4.78 is 5.44. The van der Waals surface area contributed by atoms with E-state index >= 15 is 0 Å². The molecule has 2 aliphatic heterocycles. The predicted octanol–water partition coefficient (Wildman–Crippen LogP) is 4.86. The van der Waals surface area contributed by atoms with Gasteiger partial charge in [-0.15, -0.1) is 0 Å². The number of piperidine rings is 1. The summed E-state index contributed by atoms with van der Waals surface area (Å²) in [5, 5.41) is 7.37. The van der Waals surface area contributed by atoms with E-state index in [1.807, 2.05) is 45.0 Å². The molecule has 188 valence electrons. The predicted molar refractivity (Wildman–Crippen MR) is 138 cm³/mol. The molecule has 0 saturated carbocycles. The lowest BCUT2D eigenvalue weighted by Crippen LogP contribution is -2.47. The number of fused-ring (bicyclic) bond motifs is 2. The number of hydrogen-bond donors (Lipinski definition) is 3. The van der Waals surface area contributed by atoms with E-state index in [1.165, 1.54) is 0 Å². The van der Waals surface area contributed by atoms with Crippen LogP contribution in [0.5, 0.6) is 0 Å². The van der Waals surface area contributed by atoms with Gasteiger partial charge in [-0.2, -0.15) is 0 Å². The van der Waals surface area contributed by atoms with Gasteiger partial charge in [-0.1, -0.05) is 17.7 Å². The Morgan fingerprint density at radius 3 is 2.58 bits per heavy atom. The van der Waals surface area contributed by atoms with E-state index in [2.05, 4.69) is 15.6 Å². The Morgan fingerprint density at radius 2 is 1.86 bits per heavy atom. The summed E-state index contributed by atoms with van der Waals surface area (Å²) in [7, 11) is 0. The first-order chi connectivity index (χ1) is 17.1. The Kier molecular flexibility index (Phi) is 6.16. The number of ether oxygens (including phenoxy) is 1. The molecule has 3 N–H and O–H groups in total. The maximum absolute atomic E-state index is 13.0. The third kappa shape index (κ3) is 4.78. The van der Waals surface area contributed by atoms with Gasteiger partial charge in [0.05, 0.1) is 5.56 Å². The van der Waals surface area contributed by atoms with Crippen LogP contribution in [0.4, 0.5) is 4.79 Å². The van der Waals surface area contributed by atoms with Crippen LogP contribution in [0.3, 0.4) is 0 Å². The van der Waals surface area contributed by atoms with Gasteiger partial charge in [-0.25, -0.2) is 4.79 Å². The fraction of sp³-hybridized carbons (Fsp3) is 0.370. The fourth-order valence-electron chi connectivity index (χ4n) is 4.76. The molecule has 0 atom stereocenters. The molecule has 1 fully saturated rings.